The summed E-state index contributed by atoms with van der Waals surface area (Å²) in [7, 11) is 0. The summed E-state index contributed by atoms with van der Waals surface area (Å²) < 4.78 is -0.864. The Morgan fingerprint density at radius 2 is 1.43 bits per heavy atom. The number of halogens is 1. The molecule has 4 aromatic rings. The molecule has 0 aromatic heterocycles. The number of para-hydroxylation sites is 1. The zero-order chi connectivity index (χ0) is 27.8. The van der Waals surface area contributed by atoms with Gasteiger partial charge in [0.1, 0.15) is 0 Å². The minimum Gasteiger partial charge on any atom is -0.478 e. The number of benzene rings is 4. The van der Waals surface area contributed by atoms with E-state index in [2.05, 4.69) is 21.2 Å². The van der Waals surface area contributed by atoms with Gasteiger partial charge in [-0.15, -0.1) is 0 Å². The molecule has 7 nitrogen and oxygen atoms in total. The Bertz CT molecular complexity index is 1740. The van der Waals surface area contributed by atoms with Crippen LogP contribution in [0.25, 0.3) is 0 Å². The number of carboxylic acids is 1. The second-order valence-electron chi connectivity index (χ2n) is 10.2. The van der Waals surface area contributed by atoms with Gasteiger partial charge in [-0.1, -0.05) is 82.7 Å². The molecular weight excluding hydrogens is 572 g/mol. The SMILES string of the molecule is O=C(Nc1ccccc1C(=O)O)c1cccc(N2C(=O)[C@H]3C4c5ccccc5C(Br)(c5ccccc54)[C@H]3C2=O)c1. The molecule has 1 heterocycles. The fourth-order valence-corrected chi connectivity index (χ4v) is 7.90. The molecule has 0 saturated carbocycles. The highest BCUT2D eigenvalue weighted by Crippen LogP contribution is 2.66. The van der Waals surface area contributed by atoms with Crippen LogP contribution in [-0.2, 0) is 13.9 Å². The predicted octanol–water partition coefficient (Wildman–Crippen LogP) is 5.54. The van der Waals surface area contributed by atoms with Crippen molar-refractivity contribution in [1.29, 1.82) is 0 Å². The molecular formula is C32H21BrN2O5. The van der Waals surface area contributed by atoms with E-state index in [0.717, 1.165) is 22.3 Å². The highest BCUT2D eigenvalue weighted by molar-refractivity contribution is 9.09. The summed E-state index contributed by atoms with van der Waals surface area (Å²) in [5, 5.41) is 12.1. The van der Waals surface area contributed by atoms with Crippen molar-refractivity contribution in [3.8, 4) is 0 Å². The van der Waals surface area contributed by atoms with E-state index in [1.54, 1.807) is 30.3 Å². The van der Waals surface area contributed by atoms with Gasteiger partial charge in [-0.05, 0) is 52.6 Å². The molecule has 4 aromatic carbocycles. The average Bonchev–Trinajstić information content (AvgIpc) is 3.24. The summed E-state index contributed by atoms with van der Waals surface area (Å²) in [5.41, 5.74) is 4.65. The molecule has 1 fully saturated rings. The van der Waals surface area contributed by atoms with Gasteiger partial charge >= 0.3 is 5.97 Å². The first-order chi connectivity index (χ1) is 19.3. The van der Waals surface area contributed by atoms with Gasteiger partial charge in [-0.25, -0.2) is 9.69 Å². The Hall–Kier alpha value is -4.56. The first-order valence-corrected chi connectivity index (χ1v) is 13.6. The maximum absolute atomic E-state index is 14.2. The van der Waals surface area contributed by atoms with Gasteiger partial charge in [0, 0.05) is 11.5 Å². The van der Waals surface area contributed by atoms with E-state index in [4.69, 9.17) is 0 Å². The number of alkyl halides is 1. The third kappa shape index (κ3) is 3.23. The van der Waals surface area contributed by atoms with E-state index in [9.17, 15) is 24.3 Å². The Morgan fingerprint density at radius 1 is 0.800 bits per heavy atom. The second kappa shape index (κ2) is 8.72. The number of carbonyl (C=O) groups excluding carboxylic acids is 3. The fraction of sp³-hybridized carbons (Fsp3) is 0.125. The van der Waals surface area contributed by atoms with Crippen LogP contribution in [0.15, 0.2) is 97.1 Å². The van der Waals surface area contributed by atoms with Gasteiger partial charge in [0.05, 0.1) is 33.1 Å². The van der Waals surface area contributed by atoms with Crippen LogP contribution in [0, 0.1) is 11.8 Å². The number of nitrogens with one attached hydrogen (secondary N) is 1. The van der Waals surface area contributed by atoms with E-state index >= 15 is 0 Å². The number of imide groups is 1. The molecule has 2 atom stereocenters. The highest BCUT2D eigenvalue weighted by Gasteiger charge is 2.67. The summed E-state index contributed by atoms with van der Waals surface area (Å²) in [6, 6.07) is 28.3. The molecule has 0 spiro atoms. The molecule has 3 amide bonds. The number of aromatic carboxylic acids is 1. The van der Waals surface area contributed by atoms with Crippen LogP contribution in [0.2, 0.25) is 0 Å². The van der Waals surface area contributed by atoms with Gasteiger partial charge in [0.15, 0.2) is 0 Å². The molecule has 1 saturated heterocycles. The maximum Gasteiger partial charge on any atom is 0.337 e. The van der Waals surface area contributed by atoms with Crippen LogP contribution in [0.4, 0.5) is 11.4 Å². The lowest BCUT2D eigenvalue weighted by atomic mass is 9.55. The molecule has 3 aliphatic carbocycles. The van der Waals surface area contributed by atoms with Gasteiger partial charge in [-0.3, -0.25) is 14.4 Å². The minimum absolute atomic E-state index is 0.0433. The molecule has 196 valence electrons. The Balaban J connectivity index is 1.28. The van der Waals surface area contributed by atoms with Crippen molar-refractivity contribution in [3.63, 3.8) is 0 Å². The number of amides is 3. The third-order valence-electron chi connectivity index (χ3n) is 8.29. The van der Waals surface area contributed by atoms with Crippen molar-refractivity contribution >= 4 is 51.0 Å². The lowest BCUT2D eigenvalue weighted by molar-refractivity contribution is -0.122. The summed E-state index contributed by atoms with van der Waals surface area (Å²) in [4.78, 5) is 54.2. The van der Waals surface area contributed by atoms with Gasteiger partial charge < -0.3 is 10.4 Å². The predicted molar refractivity (Wildman–Crippen MR) is 152 cm³/mol. The number of anilines is 2. The van der Waals surface area contributed by atoms with E-state index in [-0.39, 0.29) is 34.5 Å². The van der Waals surface area contributed by atoms with Crippen molar-refractivity contribution in [1.82, 2.24) is 0 Å². The molecule has 2 bridgehead atoms. The first-order valence-electron chi connectivity index (χ1n) is 12.8. The Labute approximate surface area is 237 Å². The molecule has 2 N–H and O–H groups in total. The number of nitrogens with zero attached hydrogens (tertiary/aromatic N) is 1. The van der Waals surface area contributed by atoms with Crippen molar-refractivity contribution < 1.29 is 24.3 Å². The summed E-state index contributed by atoms with van der Waals surface area (Å²) in [6.45, 7) is 0. The topological polar surface area (TPSA) is 104 Å². The van der Waals surface area contributed by atoms with Crippen LogP contribution in [-0.4, -0.2) is 28.8 Å². The molecule has 1 aliphatic heterocycles. The zero-order valence-corrected chi connectivity index (χ0v) is 22.5. The van der Waals surface area contributed by atoms with E-state index in [0.29, 0.717) is 5.69 Å². The largest absolute Gasteiger partial charge is 0.478 e. The van der Waals surface area contributed by atoms with Crippen molar-refractivity contribution in [2.24, 2.45) is 11.8 Å². The van der Waals surface area contributed by atoms with E-state index in [1.165, 1.54) is 23.1 Å². The zero-order valence-electron chi connectivity index (χ0n) is 20.9. The highest BCUT2D eigenvalue weighted by atomic mass is 79.9. The fourth-order valence-electron chi connectivity index (χ4n) is 6.69. The quantitative estimate of drug-likeness (QED) is 0.239. The third-order valence-corrected chi connectivity index (χ3v) is 9.63. The number of carboxylic acid groups (broad SMARTS) is 1. The van der Waals surface area contributed by atoms with Crippen LogP contribution in [0.3, 0.4) is 0 Å². The summed E-state index contributed by atoms with van der Waals surface area (Å²) in [6.07, 6.45) is 0. The normalized spacial score (nSPS) is 23.8. The first kappa shape index (κ1) is 24.5. The van der Waals surface area contributed by atoms with Crippen LogP contribution in [0.1, 0.15) is 48.9 Å². The maximum atomic E-state index is 14.2. The molecule has 0 radical (unpaired) electrons. The summed E-state index contributed by atoms with van der Waals surface area (Å²) in [5.74, 6) is -3.87. The lowest BCUT2D eigenvalue weighted by Crippen LogP contribution is -2.50. The van der Waals surface area contributed by atoms with Crippen LogP contribution >= 0.6 is 15.9 Å². The molecule has 4 aliphatic rings. The monoisotopic (exact) mass is 592 g/mol. The van der Waals surface area contributed by atoms with E-state index in [1.807, 2.05) is 48.5 Å². The molecule has 0 unspecified atom stereocenters. The smallest absolute Gasteiger partial charge is 0.337 e. The van der Waals surface area contributed by atoms with Gasteiger partial charge in [0.25, 0.3) is 5.91 Å². The van der Waals surface area contributed by atoms with Gasteiger partial charge in [0.2, 0.25) is 11.8 Å². The summed E-state index contributed by atoms with van der Waals surface area (Å²) >= 11 is 3.99. The van der Waals surface area contributed by atoms with Crippen molar-refractivity contribution in [2.75, 3.05) is 10.2 Å². The minimum atomic E-state index is -1.17. The molecule has 8 heteroatoms. The average molecular weight is 593 g/mol. The molecule has 8 rings (SSSR count). The Morgan fingerprint density at radius 3 is 2.10 bits per heavy atom. The van der Waals surface area contributed by atoms with Crippen molar-refractivity contribution in [2.45, 2.75) is 10.2 Å². The number of hydrogen-bond donors (Lipinski definition) is 2. The Kier molecular flexibility index (Phi) is 5.34. The number of hydrogen-bond acceptors (Lipinski definition) is 4. The standard InChI is InChI=1S/C32H21BrN2O5/c33-32-22-13-4-1-10-19(22)25(20-11-2-5-14-23(20)32)26-27(32)30(38)35(29(26)37)18-9-7-8-17(16-18)28(36)34-24-15-6-3-12-21(24)31(39)40/h1-16,25-27H,(H,34,36)(H,39,40)/t25?,26-,27+,32?/m0/s1. The van der Waals surface area contributed by atoms with Gasteiger partial charge in [-0.2, -0.15) is 0 Å². The van der Waals surface area contributed by atoms with Crippen LogP contribution in [0.5, 0.6) is 0 Å². The molecule has 40 heavy (non-hydrogen) atoms. The van der Waals surface area contributed by atoms with Crippen molar-refractivity contribution in [3.05, 3.63) is 130 Å². The lowest BCUT2D eigenvalue weighted by Gasteiger charge is -2.51. The van der Waals surface area contributed by atoms with E-state index < -0.39 is 28.0 Å². The second-order valence-corrected chi connectivity index (χ2v) is 11.5. The number of carbonyl (C=O) groups is 4. The number of rotatable bonds is 4. The van der Waals surface area contributed by atoms with Crippen LogP contribution < -0.4 is 10.2 Å².